The van der Waals surface area contributed by atoms with Gasteiger partial charge in [0.15, 0.2) is 0 Å². The van der Waals surface area contributed by atoms with E-state index in [-0.39, 0.29) is 17.2 Å². The minimum Gasteiger partial charge on any atom is -0.339 e. The van der Waals surface area contributed by atoms with Gasteiger partial charge >= 0.3 is 0 Å². The van der Waals surface area contributed by atoms with Crippen LogP contribution in [0, 0.1) is 5.92 Å². The van der Waals surface area contributed by atoms with E-state index >= 15 is 0 Å². The fourth-order valence-electron chi connectivity index (χ4n) is 3.25. The standard InChI is InChI=1S/C19H26N2O2/c1-19(2,16-6-4-3-5-7-16)14-17(22)20-10-12-21(13-11-20)18(23)15-8-9-15/h3-7,15H,8-14H2,1-2H3. The SMILES string of the molecule is CC(C)(CC(=O)N1CCN(C(=O)C2CC2)CC1)c1ccccc1. The van der Waals surface area contributed by atoms with Crippen LogP contribution in [-0.2, 0) is 15.0 Å². The summed E-state index contributed by atoms with van der Waals surface area (Å²) in [6.45, 7) is 6.95. The molecule has 0 unspecified atom stereocenters. The highest BCUT2D eigenvalue weighted by Crippen LogP contribution is 2.31. The van der Waals surface area contributed by atoms with Crippen LogP contribution in [0.15, 0.2) is 30.3 Å². The molecule has 1 aliphatic heterocycles. The van der Waals surface area contributed by atoms with E-state index in [0.717, 1.165) is 12.8 Å². The molecule has 1 aromatic rings. The largest absolute Gasteiger partial charge is 0.339 e. The van der Waals surface area contributed by atoms with Gasteiger partial charge in [0.25, 0.3) is 0 Å². The predicted octanol–water partition coefficient (Wildman–Crippen LogP) is 2.44. The second-order valence-electron chi connectivity index (χ2n) is 7.41. The van der Waals surface area contributed by atoms with Crippen LogP contribution in [0.2, 0.25) is 0 Å². The average molecular weight is 314 g/mol. The highest BCUT2D eigenvalue weighted by Gasteiger charge is 2.35. The van der Waals surface area contributed by atoms with Crippen LogP contribution in [0.5, 0.6) is 0 Å². The molecule has 2 fully saturated rings. The maximum Gasteiger partial charge on any atom is 0.225 e. The minimum atomic E-state index is -0.167. The van der Waals surface area contributed by atoms with Crippen molar-refractivity contribution < 1.29 is 9.59 Å². The Bertz CT molecular complexity index is 570. The van der Waals surface area contributed by atoms with Crippen LogP contribution in [0.4, 0.5) is 0 Å². The van der Waals surface area contributed by atoms with Crippen LogP contribution in [0.3, 0.4) is 0 Å². The number of carbonyl (C=O) groups excluding carboxylic acids is 2. The smallest absolute Gasteiger partial charge is 0.225 e. The molecule has 0 aromatic heterocycles. The molecule has 1 heterocycles. The van der Waals surface area contributed by atoms with Crippen LogP contribution < -0.4 is 0 Å². The zero-order valence-electron chi connectivity index (χ0n) is 14.1. The monoisotopic (exact) mass is 314 g/mol. The lowest BCUT2D eigenvalue weighted by Crippen LogP contribution is -2.51. The van der Waals surface area contributed by atoms with Crippen LogP contribution in [0.25, 0.3) is 0 Å². The van der Waals surface area contributed by atoms with Crippen molar-refractivity contribution in [1.29, 1.82) is 0 Å². The van der Waals surface area contributed by atoms with Crippen molar-refractivity contribution in [2.75, 3.05) is 26.2 Å². The molecule has 2 aliphatic rings. The molecule has 1 saturated carbocycles. The third-order valence-corrected chi connectivity index (χ3v) is 5.02. The van der Waals surface area contributed by atoms with Gasteiger partial charge in [-0.1, -0.05) is 44.2 Å². The summed E-state index contributed by atoms with van der Waals surface area (Å²) < 4.78 is 0. The van der Waals surface area contributed by atoms with Crippen molar-refractivity contribution >= 4 is 11.8 Å². The summed E-state index contributed by atoms with van der Waals surface area (Å²) in [6.07, 6.45) is 2.60. The van der Waals surface area contributed by atoms with E-state index in [9.17, 15) is 9.59 Å². The molecular formula is C19H26N2O2. The first-order chi connectivity index (χ1) is 11.0. The topological polar surface area (TPSA) is 40.6 Å². The molecule has 1 aliphatic carbocycles. The van der Waals surface area contributed by atoms with Crippen molar-refractivity contribution in [2.45, 2.75) is 38.5 Å². The Morgan fingerprint density at radius 1 is 1.00 bits per heavy atom. The molecule has 0 bridgehead atoms. The molecule has 0 radical (unpaired) electrons. The molecular weight excluding hydrogens is 288 g/mol. The van der Waals surface area contributed by atoms with Crippen LogP contribution in [0.1, 0.15) is 38.7 Å². The van der Waals surface area contributed by atoms with Gasteiger partial charge in [-0.25, -0.2) is 0 Å². The molecule has 2 amide bonds. The minimum absolute atomic E-state index is 0.167. The van der Waals surface area contributed by atoms with Crippen molar-refractivity contribution in [3.8, 4) is 0 Å². The highest BCUT2D eigenvalue weighted by atomic mass is 16.2. The van der Waals surface area contributed by atoms with Crippen molar-refractivity contribution in [3.05, 3.63) is 35.9 Å². The number of amides is 2. The lowest BCUT2D eigenvalue weighted by molar-refractivity contribution is -0.140. The first kappa shape index (κ1) is 16.0. The lowest BCUT2D eigenvalue weighted by atomic mass is 9.81. The summed E-state index contributed by atoms with van der Waals surface area (Å²) in [5.74, 6) is 0.758. The van der Waals surface area contributed by atoms with Crippen LogP contribution in [-0.4, -0.2) is 47.8 Å². The van der Waals surface area contributed by atoms with E-state index in [0.29, 0.717) is 38.5 Å². The predicted molar refractivity (Wildman–Crippen MR) is 90.0 cm³/mol. The fraction of sp³-hybridized carbons (Fsp3) is 0.579. The van der Waals surface area contributed by atoms with Gasteiger partial charge in [0, 0.05) is 38.5 Å². The van der Waals surface area contributed by atoms with Crippen molar-refractivity contribution in [1.82, 2.24) is 9.80 Å². The van der Waals surface area contributed by atoms with Gasteiger partial charge in [0.05, 0.1) is 0 Å². The second kappa shape index (κ2) is 6.34. The van der Waals surface area contributed by atoms with Gasteiger partial charge in [-0.2, -0.15) is 0 Å². The first-order valence-electron chi connectivity index (χ1n) is 8.59. The maximum absolute atomic E-state index is 12.6. The summed E-state index contributed by atoms with van der Waals surface area (Å²) in [6, 6.07) is 10.2. The van der Waals surface area contributed by atoms with Gasteiger partial charge in [-0.05, 0) is 23.8 Å². The van der Waals surface area contributed by atoms with E-state index in [1.54, 1.807) is 0 Å². The summed E-state index contributed by atoms with van der Waals surface area (Å²) in [7, 11) is 0. The molecule has 23 heavy (non-hydrogen) atoms. The Balaban J connectivity index is 1.54. The normalized spacial score (nSPS) is 18.9. The molecule has 1 saturated heterocycles. The van der Waals surface area contributed by atoms with Crippen molar-refractivity contribution in [3.63, 3.8) is 0 Å². The first-order valence-corrected chi connectivity index (χ1v) is 8.59. The molecule has 4 heteroatoms. The zero-order valence-corrected chi connectivity index (χ0v) is 14.1. The van der Waals surface area contributed by atoms with Gasteiger partial charge in [0.2, 0.25) is 11.8 Å². The Hall–Kier alpha value is -1.84. The number of hydrogen-bond acceptors (Lipinski definition) is 2. The van der Waals surface area contributed by atoms with Crippen LogP contribution >= 0.6 is 0 Å². The van der Waals surface area contributed by atoms with Gasteiger partial charge < -0.3 is 9.80 Å². The molecule has 0 spiro atoms. The Kier molecular flexibility index (Phi) is 4.42. The highest BCUT2D eigenvalue weighted by molar-refractivity contribution is 5.82. The van der Waals surface area contributed by atoms with E-state index in [2.05, 4.69) is 26.0 Å². The lowest BCUT2D eigenvalue weighted by Gasteiger charge is -2.36. The van der Waals surface area contributed by atoms with Gasteiger partial charge in [0.1, 0.15) is 0 Å². The number of piperazine rings is 1. The molecule has 1 aromatic carbocycles. The molecule has 3 rings (SSSR count). The van der Waals surface area contributed by atoms with E-state index in [1.807, 2.05) is 28.0 Å². The molecule has 4 nitrogen and oxygen atoms in total. The fourth-order valence-corrected chi connectivity index (χ4v) is 3.25. The number of rotatable bonds is 4. The van der Waals surface area contributed by atoms with E-state index < -0.39 is 0 Å². The van der Waals surface area contributed by atoms with E-state index in [1.165, 1.54) is 5.56 Å². The van der Waals surface area contributed by atoms with E-state index in [4.69, 9.17) is 0 Å². The zero-order chi connectivity index (χ0) is 16.4. The van der Waals surface area contributed by atoms with Crippen molar-refractivity contribution in [2.24, 2.45) is 5.92 Å². The van der Waals surface area contributed by atoms with Gasteiger partial charge in [-0.15, -0.1) is 0 Å². The molecule has 124 valence electrons. The average Bonchev–Trinajstić information content (AvgIpc) is 3.40. The summed E-state index contributed by atoms with van der Waals surface area (Å²) >= 11 is 0. The number of carbonyl (C=O) groups is 2. The maximum atomic E-state index is 12.6. The summed E-state index contributed by atoms with van der Waals surface area (Å²) in [5.41, 5.74) is 1.02. The third-order valence-electron chi connectivity index (χ3n) is 5.02. The summed E-state index contributed by atoms with van der Waals surface area (Å²) in [5, 5.41) is 0. The Morgan fingerprint density at radius 3 is 2.13 bits per heavy atom. The Morgan fingerprint density at radius 2 is 1.57 bits per heavy atom. The third kappa shape index (κ3) is 3.74. The molecule has 0 N–H and O–H groups in total. The number of benzene rings is 1. The number of nitrogens with zero attached hydrogens (tertiary/aromatic N) is 2. The Labute approximate surface area is 138 Å². The quantitative estimate of drug-likeness (QED) is 0.856. The number of hydrogen-bond donors (Lipinski definition) is 0. The second-order valence-corrected chi connectivity index (χ2v) is 7.41. The molecule has 0 atom stereocenters. The summed E-state index contributed by atoms with van der Waals surface area (Å²) in [4.78, 5) is 28.6. The van der Waals surface area contributed by atoms with Gasteiger partial charge in [-0.3, -0.25) is 9.59 Å².